The molecule has 0 aliphatic carbocycles. The zero-order valence-corrected chi connectivity index (χ0v) is 11.2. The van der Waals surface area contributed by atoms with Crippen molar-refractivity contribution in [3.05, 3.63) is 35.4 Å². The van der Waals surface area contributed by atoms with Crippen molar-refractivity contribution in [3.63, 3.8) is 0 Å². The molecule has 19 heavy (non-hydrogen) atoms. The SMILES string of the molecule is CNCC1Cc2ccccc2CN1c1nnnn1C. The van der Waals surface area contributed by atoms with Gasteiger partial charge in [0, 0.05) is 26.2 Å². The second-order valence-corrected chi connectivity index (χ2v) is 4.91. The van der Waals surface area contributed by atoms with Gasteiger partial charge in [-0.05, 0) is 35.0 Å². The number of likely N-dealkylation sites (N-methyl/N-ethyl adjacent to an activating group) is 1. The predicted molar refractivity (Wildman–Crippen MR) is 72.8 cm³/mol. The minimum Gasteiger partial charge on any atom is -0.331 e. The maximum atomic E-state index is 4.14. The Bertz CT molecular complexity index is 564. The van der Waals surface area contributed by atoms with Crippen LogP contribution in [0.5, 0.6) is 0 Å². The number of fused-ring (bicyclic) bond motifs is 1. The number of nitrogens with zero attached hydrogens (tertiary/aromatic N) is 5. The van der Waals surface area contributed by atoms with Crippen LogP contribution in [0.25, 0.3) is 0 Å². The fourth-order valence-corrected chi connectivity index (χ4v) is 2.71. The minimum atomic E-state index is 0.379. The van der Waals surface area contributed by atoms with Gasteiger partial charge in [-0.15, -0.1) is 0 Å². The highest BCUT2D eigenvalue weighted by molar-refractivity contribution is 5.41. The van der Waals surface area contributed by atoms with E-state index in [-0.39, 0.29) is 0 Å². The quantitative estimate of drug-likeness (QED) is 0.861. The summed E-state index contributed by atoms with van der Waals surface area (Å²) < 4.78 is 1.73. The Hall–Kier alpha value is -1.95. The van der Waals surface area contributed by atoms with Gasteiger partial charge in [-0.1, -0.05) is 29.4 Å². The van der Waals surface area contributed by atoms with Crippen LogP contribution in [0.4, 0.5) is 5.95 Å². The molecule has 1 aromatic carbocycles. The van der Waals surface area contributed by atoms with Crippen LogP contribution in [0.3, 0.4) is 0 Å². The molecule has 2 aromatic rings. The van der Waals surface area contributed by atoms with Crippen molar-refractivity contribution in [1.29, 1.82) is 0 Å². The Kier molecular flexibility index (Phi) is 3.16. The van der Waals surface area contributed by atoms with E-state index in [0.29, 0.717) is 6.04 Å². The monoisotopic (exact) mass is 258 g/mol. The van der Waals surface area contributed by atoms with Crippen LogP contribution in [0.1, 0.15) is 11.1 Å². The number of nitrogens with one attached hydrogen (secondary N) is 1. The molecule has 0 amide bonds. The molecule has 0 bridgehead atoms. The van der Waals surface area contributed by atoms with E-state index in [2.05, 4.69) is 50.0 Å². The number of rotatable bonds is 3. The highest BCUT2D eigenvalue weighted by Crippen LogP contribution is 2.26. The maximum Gasteiger partial charge on any atom is 0.245 e. The van der Waals surface area contributed by atoms with Crippen LogP contribution in [0, 0.1) is 0 Å². The lowest BCUT2D eigenvalue weighted by atomic mass is 9.94. The lowest BCUT2D eigenvalue weighted by molar-refractivity contribution is 0.509. The van der Waals surface area contributed by atoms with Gasteiger partial charge in [-0.25, -0.2) is 4.68 Å². The van der Waals surface area contributed by atoms with Crippen molar-refractivity contribution in [1.82, 2.24) is 25.5 Å². The zero-order chi connectivity index (χ0) is 13.2. The van der Waals surface area contributed by atoms with Crippen molar-refractivity contribution in [2.75, 3.05) is 18.5 Å². The molecule has 2 heterocycles. The second-order valence-electron chi connectivity index (χ2n) is 4.91. The van der Waals surface area contributed by atoms with Crippen LogP contribution < -0.4 is 10.2 Å². The largest absolute Gasteiger partial charge is 0.331 e. The molecular weight excluding hydrogens is 240 g/mol. The van der Waals surface area contributed by atoms with E-state index in [9.17, 15) is 0 Å². The van der Waals surface area contributed by atoms with Gasteiger partial charge in [0.25, 0.3) is 0 Å². The van der Waals surface area contributed by atoms with Gasteiger partial charge in [0.05, 0.1) is 0 Å². The van der Waals surface area contributed by atoms with Crippen LogP contribution in [-0.4, -0.2) is 39.8 Å². The van der Waals surface area contributed by atoms with Gasteiger partial charge in [-0.2, -0.15) is 0 Å². The van der Waals surface area contributed by atoms with E-state index in [1.165, 1.54) is 11.1 Å². The summed E-state index contributed by atoms with van der Waals surface area (Å²) in [4.78, 5) is 2.28. The first-order chi connectivity index (χ1) is 9.29. The van der Waals surface area contributed by atoms with Crippen LogP contribution in [-0.2, 0) is 20.0 Å². The lowest BCUT2D eigenvalue weighted by Crippen LogP contribution is -2.47. The molecule has 0 fully saturated rings. The molecule has 0 saturated carbocycles. The summed E-state index contributed by atoms with van der Waals surface area (Å²) in [6, 6.07) is 8.97. The Balaban J connectivity index is 1.96. The Morgan fingerprint density at radius 3 is 2.79 bits per heavy atom. The summed E-state index contributed by atoms with van der Waals surface area (Å²) in [5, 5.41) is 15.1. The second kappa shape index (κ2) is 4.97. The van der Waals surface area contributed by atoms with Gasteiger partial charge in [-0.3, -0.25) is 0 Å². The number of tetrazole rings is 1. The highest BCUT2D eigenvalue weighted by Gasteiger charge is 2.28. The molecule has 0 saturated heterocycles. The normalized spacial score (nSPS) is 18.4. The van der Waals surface area contributed by atoms with Crippen LogP contribution >= 0.6 is 0 Å². The van der Waals surface area contributed by atoms with Crippen molar-refractivity contribution < 1.29 is 0 Å². The van der Waals surface area contributed by atoms with Crippen LogP contribution in [0.15, 0.2) is 24.3 Å². The molecular formula is C13H18N6. The zero-order valence-electron chi connectivity index (χ0n) is 11.2. The fraction of sp³-hybridized carbons (Fsp3) is 0.462. The van der Waals surface area contributed by atoms with E-state index < -0.39 is 0 Å². The van der Waals surface area contributed by atoms with Gasteiger partial charge in [0.1, 0.15) is 0 Å². The molecule has 1 aliphatic heterocycles. The Labute approximate surface area is 112 Å². The number of benzene rings is 1. The number of anilines is 1. The van der Waals surface area contributed by atoms with E-state index >= 15 is 0 Å². The highest BCUT2D eigenvalue weighted by atomic mass is 15.6. The third-order valence-electron chi connectivity index (χ3n) is 3.65. The molecule has 1 unspecified atom stereocenters. The number of hydrogen-bond acceptors (Lipinski definition) is 5. The Morgan fingerprint density at radius 1 is 1.32 bits per heavy atom. The molecule has 6 heteroatoms. The summed E-state index contributed by atoms with van der Waals surface area (Å²) in [5.74, 6) is 0.828. The number of aryl methyl sites for hydroxylation is 1. The van der Waals surface area contributed by atoms with Gasteiger partial charge in [0.2, 0.25) is 5.95 Å². The van der Waals surface area contributed by atoms with Gasteiger partial charge >= 0.3 is 0 Å². The van der Waals surface area contributed by atoms with Crippen molar-refractivity contribution in [2.45, 2.75) is 19.0 Å². The molecule has 100 valence electrons. The smallest absolute Gasteiger partial charge is 0.245 e. The molecule has 1 aromatic heterocycles. The molecule has 1 atom stereocenters. The average molecular weight is 258 g/mol. The average Bonchev–Trinajstić information content (AvgIpc) is 2.84. The first kappa shape index (κ1) is 12.1. The molecule has 3 rings (SSSR count). The number of aromatic nitrogens is 4. The summed E-state index contributed by atoms with van der Waals surface area (Å²) in [6.07, 6.45) is 1.02. The van der Waals surface area contributed by atoms with E-state index in [4.69, 9.17) is 0 Å². The molecule has 1 N–H and O–H groups in total. The molecule has 1 aliphatic rings. The minimum absolute atomic E-state index is 0.379. The summed E-state index contributed by atoms with van der Waals surface area (Å²) in [6.45, 7) is 1.78. The topological polar surface area (TPSA) is 58.9 Å². The fourth-order valence-electron chi connectivity index (χ4n) is 2.71. The van der Waals surface area contributed by atoms with Crippen molar-refractivity contribution in [3.8, 4) is 0 Å². The summed E-state index contributed by atoms with van der Waals surface area (Å²) >= 11 is 0. The third-order valence-corrected chi connectivity index (χ3v) is 3.65. The lowest BCUT2D eigenvalue weighted by Gasteiger charge is -2.36. The Morgan fingerprint density at radius 2 is 2.11 bits per heavy atom. The van der Waals surface area contributed by atoms with E-state index in [1.807, 2.05) is 14.1 Å². The summed E-state index contributed by atoms with van der Waals surface area (Å²) in [5.41, 5.74) is 2.78. The van der Waals surface area contributed by atoms with Gasteiger partial charge < -0.3 is 10.2 Å². The van der Waals surface area contributed by atoms with Crippen LogP contribution in [0.2, 0.25) is 0 Å². The van der Waals surface area contributed by atoms with Crippen molar-refractivity contribution in [2.24, 2.45) is 7.05 Å². The van der Waals surface area contributed by atoms with E-state index in [0.717, 1.165) is 25.5 Å². The van der Waals surface area contributed by atoms with Crippen molar-refractivity contribution >= 4 is 5.95 Å². The van der Waals surface area contributed by atoms with Gasteiger partial charge in [0.15, 0.2) is 0 Å². The number of hydrogen-bond donors (Lipinski definition) is 1. The molecule has 0 radical (unpaired) electrons. The van der Waals surface area contributed by atoms with E-state index in [1.54, 1.807) is 4.68 Å². The third kappa shape index (κ3) is 2.19. The predicted octanol–water partition coefficient (Wildman–Crippen LogP) is 0.361. The first-order valence-corrected chi connectivity index (χ1v) is 6.50. The standard InChI is InChI=1S/C13H18N6/c1-14-8-12-7-10-5-3-4-6-11(10)9-19(12)13-15-16-17-18(13)2/h3-6,12,14H,7-9H2,1-2H3. The maximum absolute atomic E-state index is 4.14. The first-order valence-electron chi connectivity index (χ1n) is 6.50. The molecule has 0 spiro atoms. The summed E-state index contributed by atoms with van der Waals surface area (Å²) in [7, 11) is 3.86. The molecule has 6 nitrogen and oxygen atoms in total.